The number of esters is 1. The third-order valence-electron chi connectivity index (χ3n) is 5.46. The Balaban J connectivity index is 1.58. The number of furan rings is 1. The van der Waals surface area contributed by atoms with Gasteiger partial charge in [-0.2, -0.15) is 0 Å². The molecule has 2 aromatic carbocycles. The average molecular weight is 479 g/mol. The Kier molecular flexibility index (Phi) is 6.56. The molecule has 174 valence electrons. The molecule has 1 N–H and O–H groups in total. The van der Waals surface area contributed by atoms with Crippen molar-refractivity contribution in [2.75, 3.05) is 11.6 Å². The van der Waals surface area contributed by atoms with Gasteiger partial charge in [-0.1, -0.05) is 24.6 Å². The van der Waals surface area contributed by atoms with E-state index >= 15 is 0 Å². The summed E-state index contributed by atoms with van der Waals surface area (Å²) < 4.78 is 11.0. The van der Waals surface area contributed by atoms with Crippen molar-refractivity contribution < 1.29 is 23.5 Å². The van der Waals surface area contributed by atoms with Crippen LogP contribution < -0.4 is 10.4 Å². The van der Waals surface area contributed by atoms with Crippen LogP contribution in [-0.4, -0.2) is 24.4 Å². The molecule has 1 fully saturated rings. The highest BCUT2D eigenvalue weighted by molar-refractivity contribution is 6.33. The largest absolute Gasteiger partial charge is 0.462 e. The Labute approximate surface area is 201 Å². The van der Waals surface area contributed by atoms with Crippen LogP contribution in [0.15, 0.2) is 58.5 Å². The molecule has 0 unspecified atom stereocenters. The van der Waals surface area contributed by atoms with E-state index < -0.39 is 17.8 Å². The van der Waals surface area contributed by atoms with Crippen LogP contribution in [0, 0.1) is 13.8 Å². The molecule has 1 saturated heterocycles. The Bertz CT molecular complexity index is 1320. The van der Waals surface area contributed by atoms with Crippen LogP contribution in [0.2, 0.25) is 5.02 Å². The van der Waals surface area contributed by atoms with Crippen molar-refractivity contribution in [2.24, 2.45) is 0 Å². The van der Waals surface area contributed by atoms with E-state index in [-0.39, 0.29) is 16.2 Å². The van der Waals surface area contributed by atoms with Crippen molar-refractivity contribution in [1.29, 1.82) is 0 Å². The lowest BCUT2D eigenvalue weighted by atomic mass is 10.1. The quantitative estimate of drug-likeness (QED) is 0.297. The van der Waals surface area contributed by atoms with Crippen molar-refractivity contribution in [3.05, 3.63) is 81.6 Å². The van der Waals surface area contributed by atoms with Crippen molar-refractivity contribution >= 4 is 41.1 Å². The van der Waals surface area contributed by atoms with E-state index in [1.807, 2.05) is 32.9 Å². The second-order valence-corrected chi connectivity index (χ2v) is 8.35. The Hall–Kier alpha value is -3.84. The number of carbonyl (C=O) groups excluding carboxylic acids is 3. The Morgan fingerprint density at radius 1 is 1.09 bits per heavy atom. The number of benzene rings is 2. The molecule has 1 aliphatic heterocycles. The third-order valence-corrected chi connectivity index (χ3v) is 5.79. The normalized spacial score (nSPS) is 14.6. The number of aryl methyl sites for hydroxylation is 2. The number of halogens is 1. The number of ether oxygens (including phenoxy) is 1. The number of nitrogens with zero attached hydrogens (tertiary/aromatic N) is 1. The number of hydrogen-bond donors (Lipinski definition) is 1. The summed E-state index contributed by atoms with van der Waals surface area (Å²) in [5, 5.41) is 1.50. The molecule has 0 aliphatic carbocycles. The van der Waals surface area contributed by atoms with Gasteiger partial charge in [0.2, 0.25) is 0 Å². The number of hydrogen-bond acceptors (Lipinski definition) is 5. The highest BCUT2D eigenvalue weighted by Crippen LogP contribution is 2.29. The van der Waals surface area contributed by atoms with Crippen LogP contribution in [0.3, 0.4) is 0 Å². The van der Waals surface area contributed by atoms with E-state index in [0.29, 0.717) is 35.8 Å². The maximum absolute atomic E-state index is 12.9. The average Bonchev–Trinajstić information content (AvgIpc) is 3.40. The second-order valence-electron chi connectivity index (χ2n) is 7.94. The van der Waals surface area contributed by atoms with Crippen molar-refractivity contribution in [3.63, 3.8) is 0 Å². The molecule has 34 heavy (non-hydrogen) atoms. The molecule has 0 atom stereocenters. The number of anilines is 1. The van der Waals surface area contributed by atoms with E-state index in [1.54, 1.807) is 36.4 Å². The number of rotatable bonds is 6. The fourth-order valence-corrected chi connectivity index (χ4v) is 3.63. The monoisotopic (exact) mass is 478 g/mol. The van der Waals surface area contributed by atoms with Gasteiger partial charge < -0.3 is 9.15 Å². The first-order chi connectivity index (χ1) is 16.3. The van der Waals surface area contributed by atoms with Gasteiger partial charge in [0.1, 0.15) is 17.1 Å². The molecular formula is C26H23ClN2O5. The summed E-state index contributed by atoms with van der Waals surface area (Å²) in [6.07, 6.45) is 2.10. The van der Waals surface area contributed by atoms with Crippen LogP contribution in [-0.2, 0) is 14.3 Å². The van der Waals surface area contributed by atoms with Gasteiger partial charge >= 0.3 is 5.97 Å². The molecule has 0 radical (unpaired) electrons. The van der Waals surface area contributed by atoms with Crippen molar-refractivity contribution in [3.8, 4) is 11.3 Å². The molecule has 0 bridgehead atoms. The number of nitrogens with one attached hydrogen (secondary N) is 1. The topological polar surface area (TPSA) is 88.9 Å². The minimum absolute atomic E-state index is 0.0425. The molecular weight excluding hydrogens is 456 g/mol. The molecule has 2 heterocycles. The minimum Gasteiger partial charge on any atom is -0.462 e. The number of amides is 2. The first-order valence-corrected chi connectivity index (χ1v) is 11.2. The zero-order valence-electron chi connectivity index (χ0n) is 19.0. The van der Waals surface area contributed by atoms with E-state index in [0.717, 1.165) is 11.1 Å². The summed E-state index contributed by atoms with van der Waals surface area (Å²) in [6, 6.07) is 13.7. The summed E-state index contributed by atoms with van der Waals surface area (Å²) >= 11 is 6.16. The minimum atomic E-state index is -0.520. The van der Waals surface area contributed by atoms with Crippen LogP contribution >= 0.6 is 11.6 Å². The van der Waals surface area contributed by atoms with E-state index in [1.165, 1.54) is 11.1 Å². The lowest BCUT2D eigenvalue weighted by molar-refractivity contribution is -0.117. The Morgan fingerprint density at radius 3 is 2.62 bits per heavy atom. The number of hydrazine groups is 1. The maximum Gasteiger partial charge on any atom is 0.339 e. The zero-order valence-corrected chi connectivity index (χ0v) is 19.7. The van der Waals surface area contributed by atoms with Crippen molar-refractivity contribution in [2.45, 2.75) is 27.2 Å². The predicted octanol–water partition coefficient (Wildman–Crippen LogP) is 5.25. The van der Waals surface area contributed by atoms with Gasteiger partial charge in [0, 0.05) is 5.56 Å². The van der Waals surface area contributed by atoms with Gasteiger partial charge in [0.15, 0.2) is 0 Å². The standard InChI is InChI=1S/C26H23ClN2O5/c1-4-11-33-26(32)20-13-17(6-9-22(20)27)23-10-8-19(34-23)14-21-24(30)28-29(25(21)31)18-7-5-15(2)16(3)12-18/h5-10,12-14H,4,11H2,1-3H3,(H,28,30). The van der Waals surface area contributed by atoms with Gasteiger partial charge in [0.25, 0.3) is 11.8 Å². The smallest absolute Gasteiger partial charge is 0.339 e. The zero-order chi connectivity index (χ0) is 24.4. The molecule has 0 spiro atoms. The van der Waals surface area contributed by atoms with Gasteiger partial charge in [-0.15, -0.1) is 0 Å². The van der Waals surface area contributed by atoms with Crippen LogP contribution in [0.1, 0.15) is 40.6 Å². The molecule has 1 aliphatic rings. The number of carbonyl (C=O) groups is 3. The van der Waals surface area contributed by atoms with Gasteiger partial charge in [-0.05, 0) is 79.9 Å². The summed E-state index contributed by atoms with van der Waals surface area (Å²) in [7, 11) is 0. The Morgan fingerprint density at radius 2 is 1.88 bits per heavy atom. The van der Waals surface area contributed by atoms with E-state index in [2.05, 4.69) is 5.43 Å². The molecule has 8 heteroatoms. The first-order valence-electron chi connectivity index (χ1n) is 10.8. The molecule has 2 amide bonds. The first kappa shape index (κ1) is 23.3. The van der Waals surface area contributed by atoms with E-state index in [4.69, 9.17) is 20.8 Å². The second kappa shape index (κ2) is 9.57. The van der Waals surface area contributed by atoms with Crippen LogP contribution in [0.5, 0.6) is 0 Å². The molecule has 3 aromatic rings. The summed E-state index contributed by atoms with van der Waals surface area (Å²) in [4.78, 5) is 37.7. The molecule has 7 nitrogen and oxygen atoms in total. The summed E-state index contributed by atoms with van der Waals surface area (Å²) in [6.45, 7) is 6.11. The lowest BCUT2D eigenvalue weighted by Crippen LogP contribution is -2.35. The molecule has 4 rings (SSSR count). The van der Waals surface area contributed by atoms with Crippen LogP contribution in [0.25, 0.3) is 17.4 Å². The van der Waals surface area contributed by atoms with Crippen LogP contribution in [0.4, 0.5) is 5.69 Å². The SMILES string of the molecule is CCCOC(=O)c1cc(-c2ccc(C=C3C(=O)NN(c4ccc(C)c(C)c4)C3=O)o2)ccc1Cl. The van der Waals surface area contributed by atoms with Crippen molar-refractivity contribution in [1.82, 2.24) is 5.43 Å². The lowest BCUT2D eigenvalue weighted by Gasteiger charge is -2.15. The van der Waals surface area contributed by atoms with Gasteiger partial charge in [-0.25, -0.2) is 9.80 Å². The third kappa shape index (κ3) is 4.61. The van der Waals surface area contributed by atoms with Gasteiger partial charge in [0.05, 0.1) is 22.9 Å². The highest BCUT2D eigenvalue weighted by atomic mass is 35.5. The van der Waals surface area contributed by atoms with Gasteiger partial charge in [-0.3, -0.25) is 15.0 Å². The molecule has 0 saturated carbocycles. The molecule has 1 aromatic heterocycles. The summed E-state index contributed by atoms with van der Waals surface area (Å²) in [5.74, 6) is -0.736. The van der Waals surface area contributed by atoms with E-state index in [9.17, 15) is 14.4 Å². The predicted molar refractivity (Wildman–Crippen MR) is 129 cm³/mol. The summed E-state index contributed by atoms with van der Waals surface area (Å²) in [5.41, 5.74) is 6.06. The fraction of sp³-hybridized carbons (Fsp3) is 0.192. The fourth-order valence-electron chi connectivity index (χ4n) is 3.44. The highest BCUT2D eigenvalue weighted by Gasteiger charge is 2.35. The maximum atomic E-state index is 12.9.